The zero-order chi connectivity index (χ0) is 16.1. The minimum absolute atomic E-state index is 0.0357. The third-order valence-corrected chi connectivity index (χ3v) is 4.17. The maximum Gasteiger partial charge on any atom is 0.495 e. The number of aryl methyl sites for hydroxylation is 1. The first-order valence-electron chi connectivity index (χ1n) is 7.03. The second-order valence-corrected chi connectivity index (χ2v) is 6.88. The van der Waals surface area contributed by atoms with E-state index in [-0.39, 0.29) is 11.0 Å². The van der Waals surface area contributed by atoms with E-state index in [1.807, 2.05) is 0 Å². The number of aromatic carboxylic acids is 1. The van der Waals surface area contributed by atoms with Crippen molar-refractivity contribution in [3.8, 4) is 0 Å². The molecule has 1 aromatic carbocycles. The van der Waals surface area contributed by atoms with Gasteiger partial charge in [-0.2, -0.15) is 0 Å². The lowest BCUT2D eigenvalue weighted by molar-refractivity contribution is 0.0343. The number of benzene rings is 1. The van der Waals surface area contributed by atoms with E-state index in [0.717, 1.165) is 5.52 Å². The van der Waals surface area contributed by atoms with Gasteiger partial charge < -0.3 is 19.0 Å². The Bertz CT molecular complexity index is 746. The van der Waals surface area contributed by atoms with Gasteiger partial charge in [0, 0.05) is 47.7 Å². The number of carboxylic acids is 1. The molecule has 0 saturated carbocycles. The van der Waals surface area contributed by atoms with Gasteiger partial charge in [-0.3, -0.25) is 0 Å². The molecule has 0 atom stereocenters. The van der Waals surface area contributed by atoms with Gasteiger partial charge in [-0.15, -0.1) is 0 Å². The first-order valence-corrected chi connectivity index (χ1v) is 7.41. The lowest BCUT2D eigenvalue weighted by Gasteiger charge is -2.33. The first-order chi connectivity index (χ1) is 10.3. The summed E-state index contributed by atoms with van der Waals surface area (Å²) >= 11 is 6.35. The van der Waals surface area contributed by atoms with E-state index < -0.39 is 13.1 Å². The Morgan fingerprint density at radius 2 is 2.00 bits per heavy atom. The molecule has 1 aliphatic heterocycles. The second kappa shape index (κ2) is 5.30. The highest BCUT2D eigenvalue weighted by Gasteiger charge is 2.35. The van der Waals surface area contributed by atoms with Crippen molar-refractivity contribution in [2.45, 2.75) is 13.8 Å². The molecule has 1 aliphatic rings. The molecule has 0 bridgehead atoms. The summed E-state index contributed by atoms with van der Waals surface area (Å²) in [5, 5.41) is 10.5. The van der Waals surface area contributed by atoms with E-state index in [0.29, 0.717) is 29.1 Å². The van der Waals surface area contributed by atoms with Gasteiger partial charge in [0.2, 0.25) is 0 Å². The summed E-state index contributed by atoms with van der Waals surface area (Å²) in [5.41, 5.74) is 1.64. The molecule has 1 fully saturated rings. The topological polar surface area (TPSA) is 60.7 Å². The van der Waals surface area contributed by atoms with E-state index in [2.05, 4.69) is 13.8 Å². The Kier molecular flexibility index (Phi) is 3.71. The van der Waals surface area contributed by atoms with Crippen molar-refractivity contribution >= 4 is 41.1 Å². The van der Waals surface area contributed by atoms with Gasteiger partial charge in [-0.1, -0.05) is 31.5 Å². The van der Waals surface area contributed by atoms with E-state index in [4.69, 9.17) is 20.9 Å². The fourth-order valence-electron chi connectivity index (χ4n) is 2.64. The van der Waals surface area contributed by atoms with Crippen LogP contribution in [0.4, 0.5) is 0 Å². The van der Waals surface area contributed by atoms with E-state index in [1.165, 1.54) is 0 Å². The van der Waals surface area contributed by atoms with Crippen molar-refractivity contribution in [3.05, 3.63) is 28.9 Å². The average Bonchev–Trinajstić information content (AvgIpc) is 2.75. The first kappa shape index (κ1) is 15.4. The monoisotopic (exact) mass is 321 g/mol. The normalized spacial score (nSPS) is 17.9. The molecule has 22 heavy (non-hydrogen) atoms. The quantitative estimate of drug-likeness (QED) is 0.862. The predicted molar refractivity (Wildman–Crippen MR) is 86.0 cm³/mol. The molecule has 2 aromatic rings. The van der Waals surface area contributed by atoms with Crippen molar-refractivity contribution in [3.63, 3.8) is 0 Å². The fraction of sp³-hybridized carbons (Fsp3) is 0.400. The van der Waals surface area contributed by atoms with Crippen molar-refractivity contribution in [2.24, 2.45) is 12.5 Å². The summed E-state index contributed by atoms with van der Waals surface area (Å²) in [4.78, 5) is 11.4. The van der Waals surface area contributed by atoms with Crippen LogP contribution in [0.5, 0.6) is 0 Å². The maximum absolute atomic E-state index is 11.4. The summed E-state index contributed by atoms with van der Waals surface area (Å²) in [6, 6.07) is 3.51. The van der Waals surface area contributed by atoms with Gasteiger partial charge in [-0.05, 0) is 6.07 Å². The number of rotatable bonds is 2. The molecule has 2 heterocycles. The molecule has 7 heteroatoms. The summed E-state index contributed by atoms with van der Waals surface area (Å²) in [6.45, 7) is 5.25. The third-order valence-electron chi connectivity index (χ3n) is 3.84. The molecular formula is C15H17BClNO4. The fourth-order valence-corrected chi connectivity index (χ4v) is 2.89. The number of halogens is 1. The largest absolute Gasteiger partial charge is 0.495 e. The van der Waals surface area contributed by atoms with Crippen LogP contribution in [0.2, 0.25) is 5.02 Å². The highest BCUT2D eigenvalue weighted by atomic mass is 35.5. The van der Waals surface area contributed by atoms with Crippen molar-refractivity contribution in [2.75, 3.05) is 13.2 Å². The van der Waals surface area contributed by atoms with Crippen molar-refractivity contribution in [1.29, 1.82) is 0 Å². The predicted octanol–water partition coefficient (Wildman–Crippen LogP) is 2.30. The van der Waals surface area contributed by atoms with Crippen LogP contribution in [0.3, 0.4) is 0 Å². The SMILES string of the molecule is Cn1cc(C(=O)O)c2cc(B3OCC(C)(C)CO3)c(Cl)cc21. The molecule has 1 N–H and O–H groups in total. The lowest BCUT2D eigenvalue weighted by atomic mass is 9.75. The molecule has 5 nitrogen and oxygen atoms in total. The number of carboxylic acid groups (broad SMARTS) is 1. The molecule has 0 aliphatic carbocycles. The molecule has 1 aromatic heterocycles. The van der Waals surface area contributed by atoms with Gasteiger partial charge >= 0.3 is 13.1 Å². The van der Waals surface area contributed by atoms with Crippen LogP contribution in [0.15, 0.2) is 18.3 Å². The van der Waals surface area contributed by atoms with Crippen molar-refractivity contribution in [1.82, 2.24) is 4.57 Å². The summed E-state index contributed by atoms with van der Waals surface area (Å²) in [5.74, 6) is -0.967. The molecule has 3 rings (SSSR count). The molecule has 1 saturated heterocycles. The molecule has 0 unspecified atom stereocenters. The van der Waals surface area contributed by atoms with Gasteiger partial charge in [-0.25, -0.2) is 4.79 Å². The van der Waals surface area contributed by atoms with Crippen LogP contribution in [0.25, 0.3) is 10.9 Å². The highest BCUT2D eigenvalue weighted by molar-refractivity contribution is 6.65. The van der Waals surface area contributed by atoms with E-state index >= 15 is 0 Å². The molecule has 0 amide bonds. The van der Waals surface area contributed by atoms with Crippen LogP contribution in [-0.2, 0) is 16.4 Å². The second-order valence-electron chi connectivity index (χ2n) is 6.47. The Morgan fingerprint density at radius 3 is 2.59 bits per heavy atom. The Morgan fingerprint density at radius 1 is 1.36 bits per heavy atom. The van der Waals surface area contributed by atoms with E-state index in [9.17, 15) is 9.90 Å². The third kappa shape index (κ3) is 2.62. The summed E-state index contributed by atoms with van der Waals surface area (Å²) in [6.07, 6.45) is 1.58. The highest BCUT2D eigenvalue weighted by Crippen LogP contribution is 2.26. The molecule has 116 valence electrons. The summed E-state index contributed by atoms with van der Waals surface area (Å²) in [7, 11) is 1.23. The van der Waals surface area contributed by atoms with Crippen LogP contribution in [-0.4, -0.2) is 36.0 Å². The van der Waals surface area contributed by atoms with Crippen LogP contribution in [0, 0.1) is 5.41 Å². The number of hydrogen-bond donors (Lipinski definition) is 1. The van der Waals surface area contributed by atoms with Crippen molar-refractivity contribution < 1.29 is 19.2 Å². The van der Waals surface area contributed by atoms with Gasteiger partial charge in [0.1, 0.15) is 0 Å². The Labute approximate surface area is 133 Å². The zero-order valence-electron chi connectivity index (χ0n) is 12.7. The standard InChI is InChI=1S/C15H17BClNO4/c1-15(2)7-21-16(22-8-15)11-4-9-10(14(19)20)6-18(3)13(9)5-12(11)17/h4-6H,7-8H2,1-3H3,(H,19,20). The average molecular weight is 322 g/mol. The van der Waals surface area contributed by atoms with Crippen LogP contribution in [0.1, 0.15) is 24.2 Å². The maximum atomic E-state index is 11.4. The molecule has 0 radical (unpaired) electrons. The van der Waals surface area contributed by atoms with Crippen LogP contribution >= 0.6 is 11.6 Å². The van der Waals surface area contributed by atoms with Gasteiger partial charge in [0.25, 0.3) is 0 Å². The van der Waals surface area contributed by atoms with Gasteiger partial charge in [0.05, 0.1) is 11.1 Å². The zero-order valence-corrected chi connectivity index (χ0v) is 13.5. The minimum atomic E-state index is -0.967. The number of nitrogens with zero attached hydrogens (tertiary/aromatic N) is 1. The van der Waals surface area contributed by atoms with Crippen LogP contribution < -0.4 is 5.46 Å². The lowest BCUT2D eigenvalue weighted by Crippen LogP contribution is -2.47. The Balaban J connectivity index is 2.05. The summed E-state index contributed by atoms with van der Waals surface area (Å²) < 4.78 is 13.3. The number of hydrogen-bond acceptors (Lipinski definition) is 3. The molecular weight excluding hydrogens is 304 g/mol. The smallest absolute Gasteiger partial charge is 0.478 e. The number of carbonyl (C=O) groups is 1. The van der Waals surface area contributed by atoms with Gasteiger partial charge in [0.15, 0.2) is 0 Å². The number of aromatic nitrogens is 1. The minimum Gasteiger partial charge on any atom is -0.478 e. The van der Waals surface area contributed by atoms with E-state index in [1.54, 1.807) is 29.9 Å². The molecule has 0 spiro atoms. The Hall–Kier alpha value is -1.50. The number of fused-ring (bicyclic) bond motifs is 1.